The molecule has 0 spiro atoms. The largest absolute Gasteiger partial charge is 0.345 e. The summed E-state index contributed by atoms with van der Waals surface area (Å²) in [4.78, 5) is 30.5. The van der Waals surface area contributed by atoms with Crippen molar-refractivity contribution in [3.05, 3.63) is 66.5 Å². The van der Waals surface area contributed by atoms with E-state index < -0.39 is 0 Å². The maximum atomic E-state index is 12.9. The van der Waals surface area contributed by atoms with Crippen molar-refractivity contribution >= 4 is 33.2 Å². The molecule has 0 aliphatic rings. The Morgan fingerprint density at radius 1 is 1.21 bits per heavy atom. The van der Waals surface area contributed by atoms with Crippen molar-refractivity contribution in [2.24, 2.45) is 7.05 Å². The van der Waals surface area contributed by atoms with Crippen LogP contribution in [0.4, 0.5) is 0 Å². The minimum Gasteiger partial charge on any atom is -0.345 e. The van der Waals surface area contributed by atoms with Gasteiger partial charge in [-0.2, -0.15) is 5.10 Å². The smallest absolute Gasteiger partial charge is 0.277 e. The number of carbonyl (C=O) groups excluding carboxylic acids is 1. The number of hydrogen-bond acceptors (Lipinski definition) is 5. The molecule has 0 fully saturated rings. The average Bonchev–Trinajstić information content (AvgIpc) is 3.02. The number of hydrogen-bond donors (Lipinski definition) is 1. The Kier molecular flexibility index (Phi) is 5.81. The van der Waals surface area contributed by atoms with Crippen molar-refractivity contribution in [1.82, 2.24) is 20.1 Å². The van der Waals surface area contributed by atoms with Crippen molar-refractivity contribution in [3.63, 3.8) is 0 Å². The molecule has 2 aromatic heterocycles. The summed E-state index contributed by atoms with van der Waals surface area (Å²) in [6.07, 6.45) is 0. The number of thiazole rings is 1. The Bertz CT molecular complexity index is 1120. The van der Waals surface area contributed by atoms with Crippen LogP contribution in [0.1, 0.15) is 45.2 Å². The van der Waals surface area contributed by atoms with E-state index in [0.29, 0.717) is 21.1 Å². The zero-order valence-electron chi connectivity index (χ0n) is 16.3. The summed E-state index contributed by atoms with van der Waals surface area (Å²) in [6, 6.07) is 7.60. The van der Waals surface area contributed by atoms with E-state index in [-0.39, 0.29) is 17.5 Å². The van der Waals surface area contributed by atoms with Crippen LogP contribution in [0.2, 0.25) is 0 Å². The van der Waals surface area contributed by atoms with Gasteiger partial charge in [-0.05, 0) is 44.9 Å². The molecule has 1 N–H and O–H groups in total. The highest BCUT2D eigenvalue weighted by molar-refractivity contribution is 9.10. The monoisotopic (exact) mass is 460 g/mol. The van der Waals surface area contributed by atoms with Crippen molar-refractivity contribution in [3.8, 4) is 10.6 Å². The first-order valence-electron chi connectivity index (χ1n) is 8.78. The molecular formula is C20H21BrN4O2S. The second-order valence-electron chi connectivity index (χ2n) is 6.66. The summed E-state index contributed by atoms with van der Waals surface area (Å²) in [6.45, 7) is 7.42. The van der Waals surface area contributed by atoms with Gasteiger partial charge in [0.2, 0.25) is 0 Å². The van der Waals surface area contributed by atoms with Gasteiger partial charge in [0.1, 0.15) is 9.88 Å². The first-order valence-corrected chi connectivity index (χ1v) is 10.4. The molecule has 146 valence electrons. The molecule has 3 rings (SSSR count). The predicted molar refractivity (Wildman–Crippen MR) is 115 cm³/mol. The number of rotatable bonds is 4. The van der Waals surface area contributed by atoms with Crippen LogP contribution in [0.15, 0.2) is 33.5 Å². The van der Waals surface area contributed by atoms with Crippen LogP contribution in [0, 0.1) is 20.8 Å². The molecule has 0 bridgehead atoms. The van der Waals surface area contributed by atoms with Crippen molar-refractivity contribution < 1.29 is 4.79 Å². The van der Waals surface area contributed by atoms with Crippen LogP contribution in [0.5, 0.6) is 0 Å². The van der Waals surface area contributed by atoms with Crippen molar-refractivity contribution in [2.75, 3.05) is 0 Å². The molecule has 0 aliphatic heterocycles. The molecule has 28 heavy (non-hydrogen) atoms. The van der Waals surface area contributed by atoms with Gasteiger partial charge in [-0.3, -0.25) is 9.59 Å². The second kappa shape index (κ2) is 7.97. The molecule has 2 heterocycles. The third-order valence-electron chi connectivity index (χ3n) is 4.66. The molecule has 0 saturated carbocycles. The van der Waals surface area contributed by atoms with Crippen molar-refractivity contribution in [1.29, 1.82) is 0 Å². The topological polar surface area (TPSA) is 76.9 Å². The van der Waals surface area contributed by atoms with Crippen molar-refractivity contribution in [2.45, 2.75) is 33.7 Å². The fraction of sp³-hybridized carbons (Fsp3) is 0.300. The van der Waals surface area contributed by atoms with E-state index in [1.54, 1.807) is 14.0 Å². The maximum absolute atomic E-state index is 12.9. The van der Waals surface area contributed by atoms with Crippen LogP contribution in [-0.4, -0.2) is 20.7 Å². The molecule has 8 heteroatoms. The third kappa shape index (κ3) is 3.79. The number of benzene rings is 1. The number of nitrogens with one attached hydrogen (secondary N) is 1. The summed E-state index contributed by atoms with van der Waals surface area (Å²) >= 11 is 4.75. The zero-order valence-corrected chi connectivity index (χ0v) is 18.7. The molecule has 0 radical (unpaired) electrons. The first-order chi connectivity index (χ1) is 13.2. The number of nitrogens with zero attached hydrogens (tertiary/aromatic N) is 3. The quantitative estimate of drug-likeness (QED) is 0.635. The van der Waals surface area contributed by atoms with E-state index in [9.17, 15) is 9.59 Å². The Morgan fingerprint density at radius 2 is 1.89 bits per heavy atom. The van der Waals surface area contributed by atoms with E-state index in [2.05, 4.69) is 31.3 Å². The zero-order chi connectivity index (χ0) is 20.6. The number of aromatic nitrogens is 3. The molecule has 1 aromatic carbocycles. The lowest BCUT2D eigenvalue weighted by molar-refractivity contribution is 0.0943. The van der Waals surface area contributed by atoms with Gasteiger partial charge in [0, 0.05) is 11.5 Å². The standard InChI is InChI=1S/C20H21BrN4O2S/c1-10-11(2)24-25(5)20(27)16(10)19-23-13(4)17(28-19)18(26)22-12(3)14-8-6-7-9-15(14)21/h6-9,12H,1-5H3,(H,22,26). The normalized spacial score (nSPS) is 12.1. The lowest BCUT2D eigenvalue weighted by atomic mass is 10.1. The van der Waals surface area contributed by atoms with Gasteiger partial charge < -0.3 is 5.32 Å². The number of halogens is 1. The molecule has 0 saturated heterocycles. The van der Waals surface area contributed by atoms with Gasteiger partial charge in [-0.15, -0.1) is 11.3 Å². The molecule has 0 aliphatic carbocycles. The Hall–Kier alpha value is -2.32. The SMILES string of the molecule is Cc1nc(-c2c(C)c(C)nn(C)c2=O)sc1C(=O)NC(C)c1ccccc1Br. The van der Waals surface area contributed by atoms with Gasteiger partial charge >= 0.3 is 0 Å². The molecule has 1 unspecified atom stereocenters. The lowest BCUT2D eigenvalue weighted by Gasteiger charge is -2.15. The van der Waals surface area contributed by atoms with Gasteiger partial charge in [-0.1, -0.05) is 34.1 Å². The Labute approximate surface area is 175 Å². The Morgan fingerprint density at radius 3 is 2.57 bits per heavy atom. The van der Waals surface area contributed by atoms with E-state index in [1.165, 1.54) is 16.0 Å². The van der Waals surface area contributed by atoms with E-state index in [0.717, 1.165) is 21.3 Å². The molecule has 1 amide bonds. The first kappa shape index (κ1) is 20.4. The maximum Gasteiger partial charge on any atom is 0.277 e. The predicted octanol–water partition coefficient (Wildman–Crippen LogP) is 4.08. The number of carbonyl (C=O) groups is 1. The summed E-state index contributed by atoms with van der Waals surface area (Å²) in [5.74, 6) is -0.204. The van der Waals surface area contributed by atoms with Gasteiger partial charge in [0.05, 0.1) is 23.0 Å². The molecule has 6 nitrogen and oxygen atoms in total. The molecule has 1 atom stereocenters. The average molecular weight is 461 g/mol. The van der Waals surface area contributed by atoms with Crippen LogP contribution in [-0.2, 0) is 7.05 Å². The van der Waals surface area contributed by atoms with Gasteiger partial charge in [0.25, 0.3) is 11.5 Å². The highest BCUT2D eigenvalue weighted by Crippen LogP contribution is 2.29. The summed E-state index contributed by atoms with van der Waals surface area (Å²) < 4.78 is 2.25. The number of amides is 1. The highest BCUT2D eigenvalue weighted by atomic mass is 79.9. The fourth-order valence-electron chi connectivity index (χ4n) is 2.98. The lowest BCUT2D eigenvalue weighted by Crippen LogP contribution is -2.26. The minimum absolute atomic E-state index is 0.175. The van der Waals surface area contributed by atoms with E-state index in [1.807, 2.05) is 45.0 Å². The Balaban J connectivity index is 1.94. The molecule has 3 aromatic rings. The second-order valence-corrected chi connectivity index (χ2v) is 8.52. The van der Waals surface area contributed by atoms with Crippen LogP contribution < -0.4 is 10.9 Å². The third-order valence-corrected chi connectivity index (χ3v) is 6.56. The summed E-state index contributed by atoms with van der Waals surface area (Å²) in [5, 5.41) is 7.76. The molecular weight excluding hydrogens is 440 g/mol. The summed E-state index contributed by atoms with van der Waals surface area (Å²) in [5.41, 5.74) is 3.43. The van der Waals surface area contributed by atoms with Gasteiger partial charge in [0.15, 0.2) is 0 Å². The van der Waals surface area contributed by atoms with E-state index in [4.69, 9.17) is 0 Å². The fourth-order valence-corrected chi connectivity index (χ4v) is 4.67. The van der Waals surface area contributed by atoms with E-state index >= 15 is 0 Å². The summed E-state index contributed by atoms with van der Waals surface area (Å²) in [7, 11) is 1.62. The minimum atomic E-state index is -0.217. The van der Waals surface area contributed by atoms with Crippen LogP contribution in [0.25, 0.3) is 10.6 Å². The number of aryl methyl sites for hydroxylation is 3. The van der Waals surface area contributed by atoms with Crippen LogP contribution >= 0.6 is 27.3 Å². The van der Waals surface area contributed by atoms with Gasteiger partial charge in [-0.25, -0.2) is 9.67 Å². The van der Waals surface area contributed by atoms with Crippen LogP contribution in [0.3, 0.4) is 0 Å². The highest BCUT2D eigenvalue weighted by Gasteiger charge is 2.22.